The SMILES string of the molecule is C=C(C)C(=O)OC(C)(C)CC(C)(C)Oc1ccc(C2CCC(OC(C)(C)CC(C)(C)OC(=O)C(=C)C)CC2)cc1. The van der Waals surface area contributed by atoms with Crippen LogP contribution in [0, 0.1) is 0 Å². The van der Waals surface area contributed by atoms with Crippen LogP contribution in [0.25, 0.3) is 0 Å². The maximum absolute atomic E-state index is 12.0. The molecule has 1 aliphatic carbocycles. The lowest BCUT2D eigenvalue weighted by Gasteiger charge is -2.39. The molecule has 6 heteroatoms. The van der Waals surface area contributed by atoms with E-state index in [1.807, 2.05) is 53.7 Å². The van der Waals surface area contributed by atoms with Crippen LogP contribution in [0.3, 0.4) is 0 Å². The summed E-state index contributed by atoms with van der Waals surface area (Å²) in [5, 5.41) is 0. The number of benzene rings is 1. The Bertz CT molecular complexity index is 1050. The van der Waals surface area contributed by atoms with Crippen LogP contribution in [0.2, 0.25) is 0 Å². The first-order valence-corrected chi connectivity index (χ1v) is 14.4. The summed E-state index contributed by atoms with van der Waals surface area (Å²) < 4.78 is 24.1. The zero-order chi connectivity index (χ0) is 30.5. The van der Waals surface area contributed by atoms with E-state index in [1.54, 1.807) is 13.8 Å². The number of esters is 2. The average Bonchev–Trinajstić information content (AvgIpc) is 2.77. The smallest absolute Gasteiger partial charge is 0.333 e. The lowest BCUT2D eigenvalue weighted by atomic mass is 9.82. The molecule has 1 aromatic rings. The van der Waals surface area contributed by atoms with E-state index in [0.29, 0.717) is 29.9 Å². The van der Waals surface area contributed by atoms with Gasteiger partial charge in [-0.15, -0.1) is 0 Å². The van der Waals surface area contributed by atoms with Crippen molar-refractivity contribution in [3.8, 4) is 5.75 Å². The first-order chi connectivity index (χ1) is 18.2. The van der Waals surface area contributed by atoms with Gasteiger partial charge in [-0.25, -0.2) is 9.59 Å². The Balaban J connectivity index is 1.89. The van der Waals surface area contributed by atoms with Crippen molar-refractivity contribution < 1.29 is 28.5 Å². The quantitative estimate of drug-likeness (QED) is 0.180. The molecule has 0 N–H and O–H groups in total. The van der Waals surface area contributed by atoms with Crippen molar-refractivity contribution in [1.29, 1.82) is 0 Å². The molecule has 1 fully saturated rings. The van der Waals surface area contributed by atoms with Crippen molar-refractivity contribution >= 4 is 11.9 Å². The maximum Gasteiger partial charge on any atom is 0.333 e. The van der Waals surface area contributed by atoms with Gasteiger partial charge < -0.3 is 18.9 Å². The molecule has 1 aromatic carbocycles. The molecule has 40 heavy (non-hydrogen) atoms. The van der Waals surface area contributed by atoms with Gasteiger partial charge in [0.05, 0.1) is 11.7 Å². The highest BCUT2D eigenvalue weighted by molar-refractivity contribution is 5.87. The summed E-state index contributed by atoms with van der Waals surface area (Å²) in [6, 6.07) is 8.38. The Hall–Kier alpha value is -2.60. The van der Waals surface area contributed by atoms with Crippen LogP contribution < -0.4 is 4.74 Å². The van der Waals surface area contributed by atoms with E-state index in [2.05, 4.69) is 39.1 Å². The molecule has 0 unspecified atom stereocenters. The summed E-state index contributed by atoms with van der Waals surface area (Å²) >= 11 is 0. The summed E-state index contributed by atoms with van der Waals surface area (Å²) in [6.07, 6.45) is 5.42. The van der Waals surface area contributed by atoms with Crippen LogP contribution in [0.15, 0.2) is 48.6 Å². The van der Waals surface area contributed by atoms with E-state index in [-0.39, 0.29) is 18.0 Å². The highest BCUT2D eigenvalue weighted by Gasteiger charge is 2.36. The van der Waals surface area contributed by atoms with Gasteiger partial charge >= 0.3 is 11.9 Å². The molecule has 224 valence electrons. The average molecular weight is 557 g/mol. The Morgan fingerprint density at radius 1 is 0.700 bits per heavy atom. The highest BCUT2D eigenvalue weighted by Crippen LogP contribution is 2.38. The van der Waals surface area contributed by atoms with Gasteiger partial charge in [0, 0.05) is 24.0 Å². The van der Waals surface area contributed by atoms with Gasteiger partial charge in [0.1, 0.15) is 22.6 Å². The van der Waals surface area contributed by atoms with Gasteiger partial charge in [-0.05, 0) is 119 Å². The van der Waals surface area contributed by atoms with Gasteiger partial charge in [0.2, 0.25) is 0 Å². The lowest BCUT2D eigenvalue weighted by molar-refractivity contribution is -0.163. The number of rotatable bonds is 13. The predicted octanol–water partition coefficient (Wildman–Crippen LogP) is 8.24. The molecule has 0 amide bonds. The second kappa shape index (κ2) is 12.9. The summed E-state index contributed by atoms with van der Waals surface area (Å²) in [4.78, 5) is 24.0. The third-order valence-corrected chi connectivity index (χ3v) is 7.04. The number of hydrogen-bond acceptors (Lipinski definition) is 6. The molecule has 0 aliphatic heterocycles. The standard InChI is InChI=1S/C34H52O6/c1-23(2)29(35)39-33(9,10)21-31(5,6)37-27-17-13-25(14-18-27)26-15-19-28(20-16-26)38-32(7,8)22-34(11,12)40-30(36)24(3)4/h13-14,17-18,26,28H,1,3,15-16,19-22H2,2,4-12H3. The van der Waals surface area contributed by atoms with Crippen LogP contribution >= 0.6 is 0 Å². The normalized spacial score (nSPS) is 18.6. The molecule has 0 heterocycles. The first kappa shape index (κ1) is 33.6. The monoisotopic (exact) mass is 556 g/mol. The summed E-state index contributed by atoms with van der Waals surface area (Å²) in [5.74, 6) is 0.527. The molecule has 0 bridgehead atoms. The minimum Gasteiger partial charge on any atom is -0.488 e. The molecule has 0 radical (unpaired) electrons. The van der Waals surface area contributed by atoms with Crippen molar-refractivity contribution in [3.63, 3.8) is 0 Å². The fourth-order valence-corrected chi connectivity index (χ4v) is 5.97. The second-order valence-electron chi connectivity index (χ2n) is 14.0. The van der Waals surface area contributed by atoms with Gasteiger partial charge in [0.15, 0.2) is 0 Å². The second-order valence-corrected chi connectivity index (χ2v) is 14.0. The molecule has 1 saturated carbocycles. The predicted molar refractivity (Wildman–Crippen MR) is 161 cm³/mol. The Kier molecular flexibility index (Phi) is 10.9. The fraction of sp³-hybridized carbons (Fsp3) is 0.647. The first-order valence-electron chi connectivity index (χ1n) is 14.4. The van der Waals surface area contributed by atoms with Crippen LogP contribution in [0.5, 0.6) is 5.75 Å². The Labute approximate surface area is 242 Å². The van der Waals surface area contributed by atoms with E-state index in [9.17, 15) is 9.59 Å². The third-order valence-electron chi connectivity index (χ3n) is 7.04. The highest BCUT2D eigenvalue weighted by atomic mass is 16.6. The maximum atomic E-state index is 12.0. The molecule has 0 spiro atoms. The molecule has 0 saturated heterocycles. The van der Waals surface area contributed by atoms with Crippen LogP contribution in [0.4, 0.5) is 0 Å². The zero-order valence-corrected chi connectivity index (χ0v) is 26.6. The molecule has 1 aliphatic rings. The zero-order valence-electron chi connectivity index (χ0n) is 26.6. The van der Waals surface area contributed by atoms with E-state index in [0.717, 1.165) is 31.4 Å². The molecule has 0 atom stereocenters. The Morgan fingerprint density at radius 3 is 1.55 bits per heavy atom. The summed E-state index contributed by atoms with van der Waals surface area (Å²) in [5.41, 5.74) is -0.165. The summed E-state index contributed by atoms with van der Waals surface area (Å²) in [6.45, 7) is 26.4. The topological polar surface area (TPSA) is 71.1 Å². The van der Waals surface area contributed by atoms with Crippen molar-refractivity contribution in [2.24, 2.45) is 0 Å². The lowest BCUT2D eigenvalue weighted by Crippen LogP contribution is -2.41. The van der Waals surface area contributed by atoms with Crippen molar-refractivity contribution in [1.82, 2.24) is 0 Å². The molecule has 0 aromatic heterocycles. The molecular weight excluding hydrogens is 504 g/mol. The van der Waals surface area contributed by atoms with Gasteiger partial charge in [-0.1, -0.05) is 25.3 Å². The fourth-order valence-electron chi connectivity index (χ4n) is 5.97. The van der Waals surface area contributed by atoms with E-state index in [4.69, 9.17) is 18.9 Å². The van der Waals surface area contributed by atoms with Crippen molar-refractivity contribution in [3.05, 3.63) is 54.1 Å². The van der Waals surface area contributed by atoms with Crippen LogP contribution in [-0.2, 0) is 23.8 Å². The van der Waals surface area contributed by atoms with E-state index in [1.165, 1.54) is 5.56 Å². The number of carbonyl (C=O) groups is 2. The van der Waals surface area contributed by atoms with Crippen LogP contribution in [0.1, 0.15) is 119 Å². The third kappa shape index (κ3) is 11.1. The van der Waals surface area contributed by atoms with E-state index >= 15 is 0 Å². The van der Waals surface area contributed by atoms with E-state index < -0.39 is 22.4 Å². The number of carbonyl (C=O) groups excluding carboxylic acids is 2. The van der Waals surface area contributed by atoms with Gasteiger partial charge in [-0.3, -0.25) is 0 Å². The minimum absolute atomic E-state index is 0.185. The van der Waals surface area contributed by atoms with Gasteiger partial charge in [0.25, 0.3) is 0 Å². The number of hydrogen-bond donors (Lipinski definition) is 0. The summed E-state index contributed by atoms with van der Waals surface area (Å²) in [7, 11) is 0. The largest absolute Gasteiger partial charge is 0.488 e. The number of ether oxygens (including phenoxy) is 4. The van der Waals surface area contributed by atoms with Crippen molar-refractivity contribution in [2.45, 2.75) is 142 Å². The van der Waals surface area contributed by atoms with Crippen LogP contribution in [-0.4, -0.2) is 40.4 Å². The Morgan fingerprint density at radius 2 is 1.12 bits per heavy atom. The molecule has 2 rings (SSSR count). The minimum atomic E-state index is -0.681. The molecule has 6 nitrogen and oxygen atoms in total. The molecular formula is C34H52O6. The van der Waals surface area contributed by atoms with Crippen molar-refractivity contribution in [2.75, 3.05) is 0 Å². The van der Waals surface area contributed by atoms with Gasteiger partial charge in [-0.2, -0.15) is 0 Å².